The van der Waals surface area contributed by atoms with E-state index in [-0.39, 0.29) is 11.5 Å². The second-order valence-corrected chi connectivity index (χ2v) is 5.14. The van der Waals surface area contributed by atoms with Crippen molar-refractivity contribution < 1.29 is 9.18 Å². The molecule has 3 heteroatoms. The number of halogens is 1. The van der Waals surface area contributed by atoms with E-state index < -0.39 is 5.82 Å². The average molecular weight is 233 g/mol. The van der Waals surface area contributed by atoms with Crippen molar-refractivity contribution in [2.45, 2.75) is 19.3 Å². The zero-order chi connectivity index (χ0) is 11.8. The average Bonchev–Trinajstić information content (AvgIpc) is 2.88. The molecule has 90 valence electrons. The second-order valence-electron chi connectivity index (χ2n) is 5.14. The first kappa shape index (κ1) is 10.8. The van der Waals surface area contributed by atoms with E-state index in [2.05, 4.69) is 0 Å². The number of hydrogen-bond acceptors (Lipinski definition) is 1. The topological polar surface area (TPSA) is 20.3 Å². The van der Waals surface area contributed by atoms with Crippen LogP contribution in [0, 0.1) is 17.7 Å². The molecule has 1 saturated carbocycles. The van der Waals surface area contributed by atoms with E-state index in [9.17, 15) is 9.18 Å². The Bertz CT molecular complexity index is 434. The van der Waals surface area contributed by atoms with Gasteiger partial charge in [0.15, 0.2) is 0 Å². The van der Waals surface area contributed by atoms with Crippen LogP contribution >= 0.6 is 0 Å². The van der Waals surface area contributed by atoms with Crippen LogP contribution in [0.5, 0.6) is 0 Å². The summed E-state index contributed by atoms with van der Waals surface area (Å²) in [5.74, 6) is 0.767. The van der Waals surface area contributed by atoms with E-state index in [1.54, 1.807) is 18.2 Å². The molecule has 1 aromatic carbocycles. The Balaban J connectivity index is 1.78. The van der Waals surface area contributed by atoms with Gasteiger partial charge in [-0.25, -0.2) is 4.39 Å². The van der Waals surface area contributed by atoms with E-state index in [1.807, 2.05) is 4.90 Å². The molecule has 2 unspecified atom stereocenters. The van der Waals surface area contributed by atoms with Crippen molar-refractivity contribution in [2.24, 2.45) is 11.8 Å². The molecular formula is C14H16FNO. The molecule has 1 aromatic rings. The van der Waals surface area contributed by atoms with Crippen molar-refractivity contribution in [1.29, 1.82) is 0 Å². The molecule has 2 fully saturated rings. The quantitative estimate of drug-likeness (QED) is 0.730. The van der Waals surface area contributed by atoms with Crippen molar-refractivity contribution in [3.8, 4) is 0 Å². The lowest BCUT2D eigenvalue weighted by molar-refractivity contribution is 0.0776. The molecule has 1 aliphatic carbocycles. The number of amides is 1. The van der Waals surface area contributed by atoms with Crippen molar-refractivity contribution in [2.75, 3.05) is 13.1 Å². The lowest BCUT2D eigenvalue weighted by Crippen LogP contribution is -2.30. The minimum absolute atomic E-state index is 0.141. The maximum atomic E-state index is 13.5. The third-order valence-corrected chi connectivity index (χ3v) is 4.12. The Hall–Kier alpha value is -1.38. The third kappa shape index (κ3) is 1.84. The lowest BCUT2D eigenvalue weighted by atomic mass is 10.0. The highest BCUT2D eigenvalue weighted by Gasteiger charge is 2.38. The standard InChI is InChI=1S/C14H16FNO/c15-13-7-2-1-6-12(13)14(17)16-8-10-4-3-5-11(10)9-16/h1-2,6-7,10-11H,3-5,8-9H2. The fourth-order valence-corrected chi connectivity index (χ4v) is 3.21. The first-order valence-corrected chi connectivity index (χ1v) is 6.29. The van der Waals surface area contributed by atoms with Gasteiger partial charge in [-0.3, -0.25) is 4.79 Å². The van der Waals surface area contributed by atoms with Crippen molar-refractivity contribution in [3.63, 3.8) is 0 Å². The first-order valence-electron chi connectivity index (χ1n) is 6.29. The number of fused-ring (bicyclic) bond motifs is 1. The molecule has 1 aliphatic heterocycles. The normalized spacial score (nSPS) is 27.2. The zero-order valence-electron chi connectivity index (χ0n) is 9.73. The van der Waals surface area contributed by atoms with Crippen LogP contribution in [0.3, 0.4) is 0 Å². The molecule has 0 aromatic heterocycles. The number of carbonyl (C=O) groups excluding carboxylic acids is 1. The minimum atomic E-state index is -0.408. The van der Waals surface area contributed by atoms with Gasteiger partial charge >= 0.3 is 0 Å². The molecule has 0 spiro atoms. The summed E-state index contributed by atoms with van der Waals surface area (Å²) in [4.78, 5) is 14.0. The predicted octanol–water partition coefficient (Wildman–Crippen LogP) is 2.70. The Kier molecular flexibility index (Phi) is 2.61. The number of likely N-dealkylation sites (tertiary alicyclic amines) is 1. The summed E-state index contributed by atoms with van der Waals surface area (Å²) in [7, 11) is 0. The lowest BCUT2D eigenvalue weighted by Gasteiger charge is -2.17. The maximum Gasteiger partial charge on any atom is 0.256 e. The Labute approximate surface area is 100 Å². The van der Waals surface area contributed by atoms with Gasteiger partial charge in [-0.1, -0.05) is 18.6 Å². The summed E-state index contributed by atoms with van der Waals surface area (Å²) in [6, 6.07) is 6.26. The van der Waals surface area contributed by atoms with Crippen molar-refractivity contribution in [1.82, 2.24) is 4.90 Å². The zero-order valence-corrected chi connectivity index (χ0v) is 9.73. The summed E-state index contributed by atoms with van der Waals surface area (Å²) in [5, 5.41) is 0. The second kappa shape index (κ2) is 4.13. The van der Waals surface area contributed by atoms with Crippen LogP contribution in [-0.4, -0.2) is 23.9 Å². The summed E-state index contributed by atoms with van der Waals surface area (Å²) in [6.07, 6.45) is 3.74. The third-order valence-electron chi connectivity index (χ3n) is 4.12. The molecule has 1 amide bonds. The highest BCUT2D eigenvalue weighted by Crippen LogP contribution is 2.38. The van der Waals surface area contributed by atoms with Crippen molar-refractivity contribution >= 4 is 5.91 Å². The number of nitrogens with zero attached hydrogens (tertiary/aromatic N) is 1. The van der Waals surface area contributed by atoms with E-state index in [0.29, 0.717) is 11.8 Å². The number of rotatable bonds is 1. The van der Waals surface area contributed by atoms with Gasteiger partial charge in [-0.05, 0) is 36.8 Å². The molecule has 1 saturated heterocycles. The first-order chi connectivity index (χ1) is 8.25. The molecular weight excluding hydrogens is 217 g/mol. The van der Waals surface area contributed by atoms with Gasteiger partial charge in [0.25, 0.3) is 5.91 Å². The molecule has 0 N–H and O–H groups in total. The van der Waals surface area contributed by atoms with Gasteiger partial charge < -0.3 is 4.90 Å². The fraction of sp³-hybridized carbons (Fsp3) is 0.500. The van der Waals surface area contributed by atoms with Gasteiger partial charge in [-0.2, -0.15) is 0 Å². The monoisotopic (exact) mass is 233 g/mol. The highest BCUT2D eigenvalue weighted by atomic mass is 19.1. The number of benzene rings is 1. The van der Waals surface area contributed by atoms with E-state index in [4.69, 9.17) is 0 Å². The largest absolute Gasteiger partial charge is 0.338 e. The van der Waals surface area contributed by atoms with E-state index >= 15 is 0 Å². The van der Waals surface area contributed by atoms with E-state index in [0.717, 1.165) is 13.1 Å². The highest BCUT2D eigenvalue weighted by molar-refractivity contribution is 5.94. The minimum Gasteiger partial charge on any atom is -0.338 e. The molecule has 2 atom stereocenters. The van der Waals surface area contributed by atoms with Crippen LogP contribution in [0.15, 0.2) is 24.3 Å². The van der Waals surface area contributed by atoms with Gasteiger partial charge in [0.2, 0.25) is 0 Å². The molecule has 2 aliphatic rings. The van der Waals surface area contributed by atoms with Gasteiger partial charge in [0, 0.05) is 13.1 Å². The Morgan fingerprint density at radius 1 is 1.18 bits per heavy atom. The fourth-order valence-electron chi connectivity index (χ4n) is 3.21. The molecule has 0 bridgehead atoms. The van der Waals surface area contributed by atoms with Crippen LogP contribution in [-0.2, 0) is 0 Å². The summed E-state index contributed by atoms with van der Waals surface area (Å²) in [6.45, 7) is 1.63. The predicted molar refractivity (Wildman–Crippen MR) is 63.1 cm³/mol. The van der Waals surface area contributed by atoms with Gasteiger partial charge in [0.1, 0.15) is 5.82 Å². The van der Waals surface area contributed by atoms with Crippen molar-refractivity contribution in [3.05, 3.63) is 35.6 Å². The van der Waals surface area contributed by atoms with Crippen LogP contribution in [0.25, 0.3) is 0 Å². The molecule has 2 nitrogen and oxygen atoms in total. The molecule has 3 rings (SSSR count). The molecule has 1 heterocycles. The number of carbonyl (C=O) groups is 1. The van der Waals surface area contributed by atoms with Crippen LogP contribution < -0.4 is 0 Å². The van der Waals surface area contributed by atoms with Crippen LogP contribution in [0.1, 0.15) is 29.6 Å². The van der Waals surface area contributed by atoms with Gasteiger partial charge in [-0.15, -0.1) is 0 Å². The summed E-state index contributed by atoms with van der Waals surface area (Å²) < 4.78 is 13.5. The van der Waals surface area contributed by atoms with Crippen LogP contribution in [0.2, 0.25) is 0 Å². The summed E-state index contributed by atoms with van der Waals surface area (Å²) >= 11 is 0. The molecule has 17 heavy (non-hydrogen) atoms. The molecule has 0 radical (unpaired) electrons. The SMILES string of the molecule is O=C(c1ccccc1F)N1CC2CCCC2C1. The van der Waals surface area contributed by atoms with Crippen LogP contribution in [0.4, 0.5) is 4.39 Å². The maximum absolute atomic E-state index is 13.5. The number of hydrogen-bond donors (Lipinski definition) is 0. The van der Waals surface area contributed by atoms with Gasteiger partial charge in [0.05, 0.1) is 5.56 Å². The smallest absolute Gasteiger partial charge is 0.256 e. The Morgan fingerprint density at radius 3 is 2.47 bits per heavy atom. The summed E-state index contributed by atoms with van der Waals surface area (Å²) in [5.41, 5.74) is 0.215. The Morgan fingerprint density at radius 2 is 1.82 bits per heavy atom. The van der Waals surface area contributed by atoms with E-state index in [1.165, 1.54) is 25.3 Å².